The van der Waals surface area contributed by atoms with Gasteiger partial charge in [-0.05, 0) is 12.8 Å². The molecule has 1 N–H and O–H groups in total. The summed E-state index contributed by atoms with van der Waals surface area (Å²) in [6, 6.07) is 0. The predicted molar refractivity (Wildman–Crippen MR) is 61.2 cm³/mol. The minimum Gasteiger partial charge on any atom is -0.298 e. The summed E-state index contributed by atoms with van der Waals surface area (Å²) >= 11 is 0. The summed E-state index contributed by atoms with van der Waals surface area (Å²) in [6.07, 6.45) is 5.39. The first-order chi connectivity index (χ1) is 8.15. The molecule has 0 aromatic rings. The largest absolute Gasteiger partial charge is 0.298 e. The van der Waals surface area contributed by atoms with Gasteiger partial charge in [0, 0.05) is 5.92 Å². The van der Waals surface area contributed by atoms with Crippen LogP contribution in [0.5, 0.6) is 0 Å². The SMILES string of the molecule is O=C1CN(CC(=O)C2CCCCC2)CC(=O)N1. The van der Waals surface area contributed by atoms with E-state index in [0.29, 0.717) is 0 Å². The van der Waals surface area contributed by atoms with Crippen molar-refractivity contribution in [2.75, 3.05) is 19.6 Å². The molecule has 1 aliphatic heterocycles. The highest BCUT2D eigenvalue weighted by Gasteiger charge is 2.27. The van der Waals surface area contributed by atoms with Gasteiger partial charge in [0.25, 0.3) is 0 Å². The Kier molecular flexibility index (Phi) is 3.89. The minimum absolute atomic E-state index is 0.142. The van der Waals surface area contributed by atoms with Crippen LogP contribution in [0.25, 0.3) is 0 Å². The molecule has 0 aromatic carbocycles. The second-order valence-electron chi connectivity index (χ2n) is 4.92. The lowest BCUT2D eigenvalue weighted by atomic mass is 9.86. The van der Waals surface area contributed by atoms with E-state index in [1.165, 1.54) is 6.42 Å². The highest BCUT2D eigenvalue weighted by Crippen LogP contribution is 2.24. The number of nitrogens with zero attached hydrogens (tertiary/aromatic N) is 1. The zero-order valence-electron chi connectivity index (χ0n) is 9.91. The molecule has 0 unspecified atom stereocenters. The molecule has 17 heavy (non-hydrogen) atoms. The average molecular weight is 238 g/mol. The lowest BCUT2D eigenvalue weighted by Gasteiger charge is -2.27. The summed E-state index contributed by atoms with van der Waals surface area (Å²) in [5, 5.41) is 2.23. The van der Waals surface area contributed by atoms with Crippen molar-refractivity contribution in [1.82, 2.24) is 10.2 Å². The minimum atomic E-state index is -0.308. The van der Waals surface area contributed by atoms with Gasteiger partial charge in [-0.25, -0.2) is 0 Å². The topological polar surface area (TPSA) is 66.5 Å². The number of ketones is 1. The van der Waals surface area contributed by atoms with Crippen molar-refractivity contribution in [3.8, 4) is 0 Å². The molecule has 0 spiro atoms. The van der Waals surface area contributed by atoms with E-state index in [9.17, 15) is 14.4 Å². The van der Waals surface area contributed by atoms with Crippen molar-refractivity contribution in [2.45, 2.75) is 32.1 Å². The Hall–Kier alpha value is -1.23. The van der Waals surface area contributed by atoms with Gasteiger partial charge in [-0.3, -0.25) is 24.6 Å². The molecule has 0 aromatic heterocycles. The number of rotatable bonds is 3. The van der Waals surface area contributed by atoms with Crippen LogP contribution in [0.15, 0.2) is 0 Å². The Morgan fingerprint density at radius 1 is 1.12 bits per heavy atom. The smallest absolute Gasteiger partial charge is 0.240 e. The third-order valence-electron chi connectivity index (χ3n) is 3.45. The fourth-order valence-electron chi connectivity index (χ4n) is 2.58. The van der Waals surface area contributed by atoms with E-state index in [0.717, 1.165) is 25.7 Å². The van der Waals surface area contributed by atoms with Crippen molar-refractivity contribution in [1.29, 1.82) is 0 Å². The summed E-state index contributed by atoms with van der Waals surface area (Å²) in [5.74, 6) is -0.286. The zero-order valence-corrected chi connectivity index (χ0v) is 9.91. The van der Waals surface area contributed by atoms with Gasteiger partial charge in [-0.2, -0.15) is 0 Å². The van der Waals surface area contributed by atoms with Gasteiger partial charge in [0.2, 0.25) is 11.8 Å². The van der Waals surface area contributed by atoms with Gasteiger partial charge >= 0.3 is 0 Å². The maximum Gasteiger partial charge on any atom is 0.240 e. The number of imide groups is 1. The van der Waals surface area contributed by atoms with E-state index >= 15 is 0 Å². The second-order valence-corrected chi connectivity index (χ2v) is 4.92. The Bertz CT molecular complexity index is 319. The number of amides is 2. The van der Waals surface area contributed by atoms with Crippen molar-refractivity contribution in [2.24, 2.45) is 5.92 Å². The molecular weight excluding hydrogens is 220 g/mol. The van der Waals surface area contributed by atoms with Crippen LogP contribution in [0.4, 0.5) is 0 Å². The van der Waals surface area contributed by atoms with Crippen LogP contribution >= 0.6 is 0 Å². The fraction of sp³-hybridized carbons (Fsp3) is 0.750. The van der Waals surface area contributed by atoms with E-state index in [4.69, 9.17) is 0 Å². The van der Waals surface area contributed by atoms with Crippen LogP contribution < -0.4 is 5.32 Å². The molecule has 1 saturated heterocycles. The van der Waals surface area contributed by atoms with Crippen molar-refractivity contribution in [3.05, 3.63) is 0 Å². The Morgan fingerprint density at radius 2 is 1.71 bits per heavy atom. The summed E-state index contributed by atoms with van der Waals surface area (Å²) in [7, 11) is 0. The van der Waals surface area contributed by atoms with Crippen LogP contribution in [-0.2, 0) is 14.4 Å². The van der Waals surface area contributed by atoms with Crippen LogP contribution in [0.1, 0.15) is 32.1 Å². The van der Waals surface area contributed by atoms with Crippen molar-refractivity contribution >= 4 is 17.6 Å². The second kappa shape index (κ2) is 5.40. The normalized spacial score (nSPS) is 23.5. The Balaban J connectivity index is 1.84. The monoisotopic (exact) mass is 238 g/mol. The molecule has 2 fully saturated rings. The standard InChI is InChI=1S/C12H18N2O3/c15-10(9-4-2-1-3-5-9)6-14-7-11(16)13-12(17)8-14/h9H,1-8H2,(H,13,16,17). The summed E-state index contributed by atoms with van der Waals surface area (Å²) in [4.78, 5) is 35.9. The molecule has 1 aliphatic carbocycles. The Morgan fingerprint density at radius 3 is 2.29 bits per heavy atom. The van der Waals surface area contributed by atoms with Gasteiger partial charge in [0.05, 0.1) is 19.6 Å². The molecule has 2 rings (SSSR count). The zero-order chi connectivity index (χ0) is 12.3. The van der Waals surface area contributed by atoms with Crippen LogP contribution in [-0.4, -0.2) is 42.1 Å². The molecule has 0 bridgehead atoms. The summed E-state index contributed by atoms with van der Waals surface area (Å²) in [6.45, 7) is 0.554. The first kappa shape index (κ1) is 12.2. The number of hydrogen-bond acceptors (Lipinski definition) is 4. The third-order valence-corrected chi connectivity index (χ3v) is 3.45. The van der Waals surface area contributed by atoms with Gasteiger partial charge < -0.3 is 0 Å². The molecule has 1 saturated carbocycles. The molecule has 5 heteroatoms. The predicted octanol–water partition coefficient (Wildman–Crippen LogP) is 0.0942. The molecule has 2 amide bonds. The molecule has 0 atom stereocenters. The van der Waals surface area contributed by atoms with Gasteiger partial charge in [0.15, 0.2) is 0 Å². The number of carbonyl (C=O) groups excluding carboxylic acids is 3. The number of nitrogens with one attached hydrogen (secondary N) is 1. The number of carbonyl (C=O) groups is 3. The highest BCUT2D eigenvalue weighted by molar-refractivity contribution is 5.99. The van der Waals surface area contributed by atoms with Crippen LogP contribution in [0.3, 0.4) is 0 Å². The summed E-state index contributed by atoms with van der Waals surface area (Å²) < 4.78 is 0. The fourth-order valence-corrected chi connectivity index (χ4v) is 2.58. The average Bonchev–Trinajstić information content (AvgIpc) is 2.28. The quantitative estimate of drug-likeness (QED) is 0.708. The van der Waals surface area contributed by atoms with E-state index in [-0.39, 0.29) is 43.1 Å². The molecule has 0 radical (unpaired) electrons. The maximum atomic E-state index is 12.0. The molecule has 1 heterocycles. The third kappa shape index (κ3) is 3.36. The Labute approximate surface area is 101 Å². The lowest BCUT2D eigenvalue weighted by molar-refractivity contribution is -0.137. The molecule has 94 valence electrons. The van der Waals surface area contributed by atoms with E-state index < -0.39 is 0 Å². The maximum absolute atomic E-state index is 12.0. The number of Topliss-reactive ketones (excluding diaryl/α,β-unsaturated/α-hetero) is 1. The molecule has 2 aliphatic rings. The summed E-state index contributed by atoms with van der Waals surface area (Å²) in [5.41, 5.74) is 0. The first-order valence-corrected chi connectivity index (χ1v) is 6.23. The van der Waals surface area contributed by atoms with E-state index in [1.807, 2.05) is 0 Å². The highest BCUT2D eigenvalue weighted by atomic mass is 16.2. The van der Waals surface area contributed by atoms with Gasteiger partial charge in [0.1, 0.15) is 5.78 Å². The van der Waals surface area contributed by atoms with E-state index in [2.05, 4.69) is 5.32 Å². The van der Waals surface area contributed by atoms with E-state index in [1.54, 1.807) is 4.90 Å². The first-order valence-electron chi connectivity index (χ1n) is 6.23. The van der Waals surface area contributed by atoms with Crippen molar-refractivity contribution < 1.29 is 14.4 Å². The van der Waals surface area contributed by atoms with Crippen LogP contribution in [0.2, 0.25) is 0 Å². The van der Waals surface area contributed by atoms with Gasteiger partial charge in [-0.15, -0.1) is 0 Å². The number of piperazine rings is 1. The number of hydrogen-bond donors (Lipinski definition) is 1. The van der Waals surface area contributed by atoms with Crippen molar-refractivity contribution in [3.63, 3.8) is 0 Å². The lowest BCUT2D eigenvalue weighted by Crippen LogP contribution is -2.53. The van der Waals surface area contributed by atoms with Gasteiger partial charge in [-0.1, -0.05) is 19.3 Å². The molecular formula is C12H18N2O3. The van der Waals surface area contributed by atoms with Crippen LogP contribution in [0, 0.1) is 5.92 Å². The molecule has 5 nitrogen and oxygen atoms in total.